The molecule has 1 aromatic heterocycles. The Hall–Kier alpha value is -2.04. The van der Waals surface area contributed by atoms with E-state index >= 15 is 0 Å². The second-order valence-corrected chi connectivity index (χ2v) is 4.12. The Morgan fingerprint density at radius 1 is 1.59 bits per heavy atom. The molecule has 90 valence electrons. The van der Waals surface area contributed by atoms with Crippen molar-refractivity contribution in [1.29, 1.82) is 0 Å². The number of aromatic nitrogens is 2. The topological polar surface area (TPSA) is 81.1 Å². The van der Waals surface area contributed by atoms with Crippen LogP contribution in [0.3, 0.4) is 0 Å². The Kier molecular flexibility index (Phi) is 2.75. The number of nitrogens with two attached hydrogens (primary N) is 1. The normalized spacial score (nSPS) is 12.8. The lowest BCUT2D eigenvalue weighted by Gasteiger charge is -2.10. The Bertz CT molecular complexity index is 574. The number of phenolic OH excluding ortho intramolecular Hbond substituents is 1. The van der Waals surface area contributed by atoms with Gasteiger partial charge >= 0.3 is 0 Å². The van der Waals surface area contributed by atoms with Crippen molar-refractivity contribution >= 4 is 16.8 Å². The SMILES string of the molecule is CCC(C)n1nc(C(N)=O)c2cc(O)ccc21. The van der Waals surface area contributed by atoms with Crippen molar-refractivity contribution in [2.45, 2.75) is 26.3 Å². The smallest absolute Gasteiger partial charge is 0.269 e. The molecule has 2 aromatic rings. The zero-order valence-electron chi connectivity index (χ0n) is 9.84. The van der Waals surface area contributed by atoms with Crippen LogP contribution in [0.25, 0.3) is 10.9 Å². The molecule has 1 heterocycles. The monoisotopic (exact) mass is 233 g/mol. The molecule has 1 amide bonds. The van der Waals surface area contributed by atoms with Crippen molar-refractivity contribution < 1.29 is 9.90 Å². The lowest BCUT2D eigenvalue weighted by molar-refractivity contribution is 0.0996. The van der Waals surface area contributed by atoms with E-state index in [4.69, 9.17) is 5.73 Å². The fourth-order valence-corrected chi connectivity index (χ4v) is 1.82. The minimum Gasteiger partial charge on any atom is -0.508 e. The maximum absolute atomic E-state index is 11.3. The second-order valence-electron chi connectivity index (χ2n) is 4.12. The molecular weight excluding hydrogens is 218 g/mol. The van der Waals surface area contributed by atoms with E-state index in [2.05, 4.69) is 5.10 Å². The molecule has 17 heavy (non-hydrogen) atoms. The molecular formula is C12H15N3O2. The van der Waals surface area contributed by atoms with E-state index in [1.54, 1.807) is 16.8 Å². The fourth-order valence-electron chi connectivity index (χ4n) is 1.82. The van der Waals surface area contributed by atoms with Crippen LogP contribution < -0.4 is 5.73 Å². The third kappa shape index (κ3) is 1.84. The molecule has 0 aliphatic carbocycles. The largest absolute Gasteiger partial charge is 0.508 e. The van der Waals surface area contributed by atoms with Gasteiger partial charge in [-0.15, -0.1) is 0 Å². The van der Waals surface area contributed by atoms with Crippen LogP contribution in [-0.4, -0.2) is 20.8 Å². The van der Waals surface area contributed by atoms with Gasteiger partial charge < -0.3 is 10.8 Å². The zero-order chi connectivity index (χ0) is 12.6. The second kappa shape index (κ2) is 4.08. The van der Waals surface area contributed by atoms with Crippen LogP contribution in [0.15, 0.2) is 18.2 Å². The van der Waals surface area contributed by atoms with Crippen molar-refractivity contribution in [3.8, 4) is 5.75 Å². The third-order valence-corrected chi connectivity index (χ3v) is 2.93. The van der Waals surface area contributed by atoms with Crippen molar-refractivity contribution in [2.75, 3.05) is 0 Å². The van der Waals surface area contributed by atoms with E-state index in [0.29, 0.717) is 5.39 Å². The van der Waals surface area contributed by atoms with Crippen LogP contribution in [0.2, 0.25) is 0 Å². The van der Waals surface area contributed by atoms with Crippen LogP contribution in [0.4, 0.5) is 0 Å². The number of hydrogen-bond donors (Lipinski definition) is 2. The Labute approximate surface area is 98.8 Å². The summed E-state index contributed by atoms with van der Waals surface area (Å²) < 4.78 is 1.77. The molecule has 0 saturated heterocycles. The molecule has 5 nitrogen and oxygen atoms in total. The Morgan fingerprint density at radius 2 is 2.29 bits per heavy atom. The standard InChI is InChI=1S/C12H15N3O2/c1-3-7(2)15-10-5-4-8(16)6-9(10)11(14-15)12(13)17/h4-7,16H,3H2,1-2H3,(H2,13,17). The van der Waals surface area contributed by atoms with Crippen molar-refractivity contribution in [3.63, 3.8) is 0 Å². The number of carbonyl (C=O) groups is 1. The molecule has 3 N–H and O–H groups in total. The van der Waals surface area contributed by atoms with Crippen LogP contribution in [0.5, 0.6) is 5.75 Å². The van der Waals surface area contributed by atoms with E-state index in [1.165, 1.54) is 6.07 Å². The molecule has 1 unspecified atom stereocenters. The minimum absolute atomic E-state index is 0.101. The van der Waals surface area contributed by atoms with Crippen molar-refractivity contribution in [3.05, 3.63) is 23.9 Å². The van der Waals surface area contributed by atoms with Crippen LogP contribution >= 0.6 is 0 Å². The predicted molar refractivity (Wildman–Crippen MR) is 64.9 cm³/mol. The molecule has 1 aromatic carbocycles. The summed E-state index contributed by atoms with van der Waals surface area (Å²) in [5.41, 5.74) is 6.30. The Balaban J connectivity index is 2.75. The highest BCUT2D eigenvalue weighted by Gasteiger charge is 2.17. The van der Waals surface area contributed by atoms with Gasteiger partial charge in [0.1, 0.15) is 5.75 Å². The quantitative estimate of drug-likeness (QED) is 0.848. The lowest BCUT2D eigenvalue weighted by Crippen LogP contribution is -2.13. The highest BCUT2D eigenvalue weighted by Crippen LogP contribution is 2.26. The van der Waals surface area contributed by atoms with Crippen LogP contribution in [0, 0.1) is 0 Å². The maximum Gasteiger partial charge on any atom is 0.269 e. The summed E-state index contributed by atoms with van der Waals surface area (Å²) in [6, 6.07) is 5.01. The molecule has 0 bridgehead atoms. The number of carbonyl (C=O) groups excluding carboxylic acids is 1. The summed E-state index contributed by atoms with van der Waals surface area (Å²) in [5, 5.41) is 14.3. The molecule has 0 radical (unpaired) electrons. The number of fused-ring (bicyclic) bond motifs is 1. The number of hydrogen-bond acceptors (Lipinski definition) is 3. The van der Waals surface area contributed by atoms with Gasteiger partial charge in [0.25, 0.3) is 5.91 Å². The lowest BCUT2D eigenvalue weighted by atomic mass is 10.2. The molecule has 0 spiro atoms. The number of rotatable bonds is 3. The zero-order valence-corrected chi connectivity index (χ0v) is 9.84. The molecule has 0 aliphatic heterocycles. The highest BCUT2D eigenvalue weighted by molar-refractivity contribution is 6.04. The molecule has 5 heteroatoms. The number of benzene rings is 1. The summed E-state index contributed by atoms with van der Waals surface area (Å²) in [7, 11) is 0. The van der Waals surface area contributed by atoms with Gasteiger partial charge in [-0.25, -0.2) is 0 Å². The third-order valence-electron chi connectivity index (χ3n) is 2.93. The first kappa shape index (κ1) is 11.4. The number of primary amides is 1. The van der Waals surface area contributed by atoms with E-state index in [-0.39, 0.29) is 17.5 Å². The minimum atomic E-state index is -0.581. The van der Waals surface area contributed by atoms with Crippen molar-refractivity contribution in [1.82, 2.24) is 9.78 Å². The number of aromatic hydroxyl groups is 1. The molecule has 2 rings (SSSR count). The van der Waals surface area contributed by atoms with Gasteiger partial charge in [-0.3, -0.25) is 9.48 Å². The first-order chi connectivity index (χ1) is 8.04. The summed E-state index contributed by atoms with van der Waals surface area (Å²) in [6.07, 6.45) is 0.899. The van der Waals surface area contributed by atoms with Crippen molar-refractivity contribution in [2.24, 2.45) is 5.73 Å². The van der Waals surface area contributed by atoms with E-state index in [0.717, 1.165) is 11.9 Å². The van der Waals surface area contributed by atoms with Crippen LogP contribution in [0.1, 0.15) is 36.8 Å². The van der Waals surface area contributed by atoms with Gasteiger partial charge in [0, 0.05) is 11.4 Å². The van der Waals surface area contributed by atoms with E-state index in [1.807, 2.05) is 13.8 Å². The van der Waals surface area contributed by atoms with Gasteiger partial charge in [-0.2, -0.15) is 5.10 Å². The molecule has 1 atom stereocenters. The predicted octanol–water partition coefficient (Wildman–Crippen LogP) is 1.81. The fraction of sp³-hybridized carbons (Fsp3) is 0.333. The average molecular weight is 233 g/mol. The number of nitrogens with zero attached hydrogens (tertiary/aromatic N) is 2. The first-order valence-corrected chi connectivity index (χ1v) is 5.55. The summed E-state index contributed by atoms with van der Waals surface area (Å²) in [5.74, 6) is -0.480. The number of phenols is 1. The molecule has 0 saturated carbocycles. The maximum atomic E-state index is 11.3. The van der Waals surface area contributed by atoms with Gasteiger partial charge in [0.15, 0.2) is 5.69 Å². The number of amides is 1. The Morgan fingerprint density at radius 3 is 2.88 bits per heavy atom. The van der Waals surface area contributed by atoms with Gasteiger partial charge in [0.05, 0.1) is 5.52 Å². The van der Waals surface area contributed by atoms with E-state index < -0.39 is 5.91 Å². The first-order valence-electron chi connectivity index (χ1n) is 5.55. The summed E-state index contributed by atoms with van der Waals surface area (Å²) >= 11 is 0. The highest BCUT2D eigenvalue weighted by atomic mass is 16.3. The van der Waals surface area contributed by atoms with Crippen LogP contribution in [-0.2, 0) is 0 Å². The summed E-state index contributed by atoms with van der Waals surface area (Å²) in [6.45, 7) is 4.06. The molecule has 0 fully saturated rings. The van der Waals surface area contributed by atoms with Gasteiger partial charge in [-0.1, -0.05) is 6.92 Å². The summed E-state index contributed by atoms with van der Waals surface area (Å²) in [4.78, 5) is 11.3. The average Bonchev–Trinajstić information content (AvgIpc) is 2.66. The van der Waals surface area contributed by atoms with E-state index in [9.17, 15) is 9.90 Å². The molecule has 0 aliphatic rings. The van der Waals surface area contributed by atoms with Gasteiger partial charge in [-0.05, 0) is 31.5 Å². The van der Waals surface area contributed by atoms with Gasteiger partial charge in [0.2, 0.25) is 0 Å².